The maximum Gasteiger partial charge on any atom is 0.243 e. The number of carbonyl (C=O) groups excluding carboxylic acids is 1. The molecule has 170 valence electrons. The second kappa shape index (κ2) is 8.39. The predicted octanol–water partition coefficient (Wildman–Crippen LogP) is 4.72. The number of rotatable bonds is 7. The van der Waals surface area contributed by atoms with Gasteiger partial charge in [-0.15, -0.1) is 0 Å². The molecular weight excluding hydrogens is 463 g/mol. The fourth-order valence-electron chi connectivity index (χ4n) is 4.61. The molecule has 1 heterocycles. The third-order valence-corrected chi connectivity index (χ3v) is 7.18. The minimum atomic E-state index is -0.157. The summed E-state index contributed by atoms with van der Waals surface area (Å²) in [6, 6.07) is 7.59. The number of aromatic nitrogens is 2. The van der Waals surface area contributed by atoms with Crippen LogP contribution in [0.15, 0.2) is 43.1 Å². The van der Waals surface area contributed by atoms with E-state index < -0.39 is 0 Å². The summed E-state index contributed by atoms with van der Waals surface area (Å²) in [6.45, 7) is 3.53. The van der Waals surface area contributed by atoms with Crippen molar-refractivity contribution in [2.45, 2.75) is 18.5 Å². The van der Waals surface area contributed by atoms with Gasteiger partial charge >= 0.3 is 0 Å². The number of ether oxygens (including phenoxy) is 2. The Kier molecular flexibility index (Phi) is 5.54. The molecule has 2 saturated carbocycles. The van der Waals surface area contributed by atoms with Crippen molar-refractivity contribution in [3.05, 3.63) is 53.2 Å². The molecule has 7 nitrogen and oxygen atoms in total. The molecule has 2 aromatic carbocycles. The van der Waals surface area contributed by atoms with Gasteiger partial charge in [0.05, 0.1) is 41.9 Å². The van der Waals surface area contributed by atoms with Crippen molar-refractivity contribution in [3.8, 4) is 22.6 Å². The van der Waals surface area contributed by atoms with Crippen molar-refractivity contribution in [1.29, 1.82) is 0 Å². The van der Waals surface area contributed by atoms with Crippen molar-refractivity contribution in [3.63, 3.8) is 0 Å². The van der Waals surface area contributed by atoms with Crippen LogP contribution in [0.2, 0.25) is 10.0 Å². The van der Waals surface area contributed by atoms with Gasteiger partial charge in [-0.3, -0.25) is 4.79 Å². The lowest BCUT2D eigenvalue weighted by Gasteiger charge is -2.36. The second-order valence-corrected chi connectivity index (χ2v) is 8.98. The van der Waals surface area contributed by atoms with Crippen LogP contribution in [0.1, 0.15) is 6.42 Å². The molecule has 0 spiro atoms. The van der Waals surface area contributed by atoms with Crippen molar-refractivity contribution >= 4 is 46.0 Å². The van der Waals surface area contributed by atoms with Gasteiger partial charge in [0.15, 0.2) is 0 Å². The maximum atomic E-state index is 11.7. The first-order valence-electron chi connectivity index (χ1n) is 10.5. The van der Waals surface area contributed by atoms with Crippen LogP contribution in [0, 0.1) is 11.8 Å². The van der Waals surface area contributed by atoms with E-state index in [1.165, 1.54) is 6.08 Å². The van der Waals surface area contributed by atoms with Crippen LogP contribution in [0.4, 0.5) is 5.95 Å². The smallest absolute Gasteiger partial charge is 0.243 e. The summed E-state index contributed by atoms with van der Waals surface area (Å²) >= 11 is 13.1. The van der Waals surface area contributed by atoms with Crippen LogP contribution in [0.25, 0.3) is 22.0 Å². The van der Waals surface area contributed by atoms with E-state index in [0.717, 1.165) is 22.9 Å². The Hall–Kier alpha value is -3.03. The number of benzene rings is 2. The lowest BCUT2D eigenvalue weighted by Crippen LogP contribution is -2.56. The Morgan fingerprint density at radius 2 is 1.82 bits per heavy atom. The van der Waals surface area contributed by atoms with E-state index in [0.29, 0.717) is 44.9 Å². The highest BCUT2D eigenvalue weighted by Gasteiger charge is 2.62. The zero-order valence-corrected chi connectivity index (χ0v) is 19.6. The first-order valence-corrected chi connectivity index (χ1v) is 11.3. The summed E-state index contributed by atoms with van der Waals surface area (Å²) in [7, 11) is 3.08. The first-order chi connectivity index (χ1) is 15.9. The molecule has 2 aliphatic rings. The number of methoxy groups -OCH3 is 2. The van der Waals surface area contributed by atoms with Crippen molar-refractivity contribution in [1.82, 2.24) is 15.3 Å². The first kappa shape index (κ1) is 21.8. The summed E-state index contributed by atoms with van der Waals surface area (Å²) in [5.74, 6) is 2.40. The van der Waals surface area contributed by atoms with E-state index in [2.05, 4.69) is 27.2 Å². The number of halogens is 2. The summed E-state index contributed by atoms with van der Waals surface area (Å²) < 4.78 is 10.8. The summed E-state index contributed by atoms with van der Waals surface area (Å²) in [4.78, 5) is 20.9. The summed E-state index contributed by atoms with van der Waals surface area (Å²) in [5, 5.41) is 8.03. The fraction of sp³-hybridized carbons (Fsp3) is 0.292. The average molecular weight is 485 g/mol. The normalized spacial score (nSPS) is 22.7. The number of hydrogen-bond acceptors (Lipinski definition) is 6. The molecule has 2 aliphatic carbocycles. The van der Waals surface area contributed by atoms with E-state index in [1.807, 2.05) is 18.2 Å². The van der Waals surface area contributed by atoms with Gasteiger partial charge in [-0.05, 0) is 42.0 Å². The lowest BCUT2D eigenvalue weighted by atomic mass is 9.86. The van der Waals surface area contributed by atoms with Crippen molar-refractivity contribution in [2.24, 2.45) is 11.8 Å². The fourth-order valence-corrected chi connectivity index (χ4v) is 5.33. The molecule has 33 heavy (non-hydrogen) atoms. The van der Waals surface area contributed by atoms with Gasteiger partial charge < -0.3 is 20.1 Å². The number of hydrogen-bond donors (Lipinski definition) is 2. The van der Waals surface area contributed by atoms with Gasteiger partial charge in [-0.2, -0.15) is 0 Å². The van der Waals surface area contributed by atoms with E-state index in [4.69, 9.17) is 32.7 Å². The molecule has 0 saturated heterocycles. The molecule has 3 aromatic rings. The Bertz CT molecular complexity index is 1250. The van der Waals surface area contributed by atoms with Gasteiger partial charge in [-0.25, -0.2) is 9.97 Å². The molecule has 9 heteroatoms. The lowest BCUT2D eigenvalue weighted by molar-refractivity contribution is -0.117. The third-order valence-electron chi connectivity index (χ3n) is 6.43. The molecule has 5 rings (SSSR count). The minimum absolute atomic E-state index is 0.0782. The summed E-state index contributed by atoms with van der Waals surface area (Å²) in [5.41, 5.74) is 2.19. The molecule has 4 atom stereocenters. The molecule has 2 N–H and O–H groups in total. The van der Waals surface area contributed by atoms with Crippen LogP contribution in [0.3, 0.4) is 0 Å². The molecule has 2 fully saturated rings. The van der Waals surface area contributed by atoms with E-state index in [9.17, 15) is 4.79 Å². The van der Waals surface area contributed by atoms with Crippen molar-refractivity contribution in [2.75, 3.05) is 19.5 Å². The number of nitrogens with one attached hydrogen (secondary N) is 2. The quantitative estimate of drug-likeness (QED) is 0.471. The third kappa shape index (κ3) is 3.75. The Morgan fingerprint density at radius 3 is 2.48 bits per heavy atom. The van der Waals surface area contributed by atoms with Gasteiger partial charge in [0.2, 0.25) is 11.9 Å². The van der Waals surface area contributed by atoms with Crippen LogP contribution in [-0.4, -0.2) is 42.2 Å². The van der Waals surface area contributed by atoms with Crippen LogP contribution in [-0.2, 0) is 4.79 Å². The molecule has 1 amide bonds. The number of carbonyl (C=O) groups is 1. The van der Waals surface area contributed by atoms with Crippen LogP contribution in [0.5, 0.6) is 11.5 Å². The number of nitrogens with zero attached hydrogens (tertiary/aromatic N) is 2. The van der Waals surface area contributed by atoms with Gasteiger partial charge in [0, 0.05) is 23.2 Å². The van der Waals surface area contributed by atoms with Crippen LogP contribution < -0.4 is 20.1 Å². The van der Waals surface area contributed by atoms with Gasteiger partial charge in [0.1, 0.15) is 11.5 Å². The van der Waals surface area contributed by atoms with E-state index in [1.54, 1.807) is 26.5 Å². The highest BCUT2D eigenvalue weighted by Crippen LogP contribution is 2.56. The Balaban J connectivity index is 1.43. The number of fused-ring (bicyclic) bond motifs is 2. The SMILES string of the molecule is C=CC(=O)N[C@@H]1C2C[C@H]2[C@@H]1Nc1ncc2cc(-c3c(Cl)c(OC)cc(OC)c3Cl)ccc2n1. The second-order valence-electron chi connectivity index (χ2n) is 8.22. The summed E-state index contributed by atoms with van der Waals surface area (Å²) in [6.07, 6.45) is 4.16. The average Bonchev–Trinajstić information content (AvgIpc) is 3.56. The molecule has 1 aromatic heterocycles. The highest BCUT2D eigenvalue weighted by atomic mass is 35.5. The largest absolute Gasteiger partial charge is 0.495 e. The van der Waals surface area contributed by atoms with E-state index >= 15 is 0 Å². The molecule has 1 unspecified atom stereocenters. The molecule has 0 bridgehead atoms. The van der Waals surface area contributed by atoms with Crippen LogP contribution >= 0.6 is 23.2 Å². The molecule has 0 radical (unpaired) electrons. The molecular formula is C24H22Cl2N4O3. The van der Waals surface area contributed by atoms with E-state index in [-0.39, 0.29) is 18.0 Å². The Labute approximate surface area is 201 Å². The number of amides is 1. The Morgan fingerprint density at radius 1 is 1.12 bits per heavy atom. The molecule has 0 aliphatic heterocycles. The van der Waals surface area contributed by atoms with Gasteiger partial charge in [-0.1, -0.05) is 35.8 Å². The monoisotopic (exact) mass is 484 g/mol. The van der Waals surface area contributed by atoms with Gasteiger partial charge in [0.25, 0.3) is 0 Å². The predicted molar refractivity (Wildman–Crippen MR) is 129 cm³/mol. The maximum absolute atomic E-state index is 11.7. The topological polar surface area (TPSA) is 85.4 Å². The highest BCUT2D eigenvalue weighted by molar-refractivity contribution is 6.41. The zero-order valence-electron chi connectivity index (χ0n) is 18.1. The zero-order chi connectivity index (χ0) is 23.3. The standard InChI is InChI=1S/C24H22Cl2N4O3/c1-4-18(31)29-22-13-8-14(13)23(22)30-24-27-10-12-7-11(5-6-15(12)28-24)19-20(25)16(32-2)9-17(33-3)21(19)26/h4-7,9-10,13-14,22-23H,1,8H2,2-3H3,(H,29,31)(H,27,28,30)/t13?,14-,22-,23+/m1/s1. The van der Waals surface area contributed by atoms with Crippen molar-refractivity contribution < 1.29 is 14.3 Å². The minimum Gasteiger partial charge on any atom is -0.495 e. The number of anilines is 1.